The van der Waals surface area contributed by atoms with Crippen LogP contribution in [0.25, 0.3) is 11.1 Å². The first-order valence-corrected chi connectivity index (χ1v) is 14.6. The molecule has 1 aliphatic rings. The van der Waals surface area contributed by atoms with Gasteiger partial charge in [-0.25, -0.2) is 4.79 Å². The van der Waals surface area contributed by atoms with E-state index in [4.69, 9.17) is 16.7 Å². The van der Waals surface area contributed by atoms with E-state index in [9.17, 15) is 14.7 Å². The van der Waals surface area contributed by atoms with Gasteiger partial charge in [0.2, 0.25) is 0 Å². The highest BCUT2D eigenvalue weighted by atomic mass is 35.5. The van der Waals surface area contributed by atoms with Crippen molar-refractivity contribution in [2.75, 3.05) is 26.7 Å². The first kappa shape index (κ1) is 30.5. The monoisotopic (exact) mass is 578 g/mol. The largest absolute Gasteiger partial charge is 0.465 e. The zero-order valence-electron chi connectivity index (χ0n) is 23.7. The first-order chi connectivity index (χ1) is 19.8. The summed E-state index contributed by atoms with van der Waals surface area (Å²) >= 11 is 6.77. The number of halogens is 1. The van der Waals surface area contributed by atoms with Crippen LogP contribution < -0.4 is 10.6 Å². The number of aryl methyl sites for hydroxylation is 1. The average molecular weight is 579 g/mol. The molecule has 0 bridgehead atoms. The summed E-state index contributed by atoms with van der Waals surface area (Å²) in [7, 11) is 1.88. The summed E-state index contributed by atoms with van der Waals surface area (Å²) in [6, 6.07) is 15.7. The number of nitrogens with zero attached hydrogens (tertiary/aromatic N) is 2. The second-order valence-corrected chi connectivity index (χ2v) is 11.1. The summed E-state index contributed by atoms with van der Waals surface area (Å²) in [6.07, 6.45) is 5.12. The van der Waals surface area contributed by atoms with Gasteiger partial charge in [-0.1, -0.05) is 54.9 Å². The molecule has 2 aromatic carbocycles. The van der Waals surface area contributed by atoms with E-state index in [-0.39, 0.29) is 24.8 Å². The van der Waals surface area contributed by atoms with Crippen molar-refractivity contribution in [2.24, 2.45) is 5.92 Å². The standard InChI is InChI=1S/C32H39ClN4O4/c1-3-22-7-4-8-25(17-22)29-27(19-35-20-28(29)33)32(41,14-6-15-36-31(39)40)26-9-5-16-37(21-26)30(38)24-12-10-23(11-13-24)18-34-2/h4,7-8,10-13,17,19-20,26,34,36,41H,3,5-6,9,14-16,18,21H2,1-2H3,(H,39,40)/t26-,32+/m1/s1. The van der Waals surface area contributed by atoms with Crippen LogP contribution in [-0.4, -0.2) is 58.8 Å². The number of likely N-dealkylation sites (tertiary alicyclic amines) is 1. The summed E-state index contributed by atoms with van der Waals surface area (Å²) in [5.74, 6) is -0.373. The minimum Gasteiger partial charge on any atom is -0.465 e. The van der Waals surface area contributed by atoms with Gasteiger partial charge in [0.15, 0.2) is 0 Å². The Balaban J connectivity index is 1.69. The molecule has 0 radical (unpaired) electrons. The van der Waals surface area contributed by atoms with Crippen molar-refractivity contribution in [1.29, 1.82) is 0 Å². The fourth-order valence-corrected chi connectivity index (χ4v) is 6.09. The van der Waals surface area contributed by atoms with E-state index >= 15 is 0 Å². The highest BCUT2D eigenvalue weighted by molar-refractivity contribution is 6.33. The lowest BCUT2D eigenvalue weighted by Gasteiger charge is -2.43. The molecule has 3 aromatic rings. The molecule has 1 saturated heterocycles. The van der Waals surface area contributed by atoms with Gasteiger partial charge in [-0.05, 0) is 68.0 Å². The van der Waals surface area contributed by atoms with Gasteiger partial charge in [0.05, 0.1) is 10.6 Å². The number of pyridine rings is 1. The molecule has 8 nitrogen and oxygen atoms in total. The van der Waals surface area contributed by atoms with Crippen molar-refractivity contribution >= 4 is 23.6 Å². The summed E-state index contributed by atoms with van der Waals surface area (Å²) in [5.41, 5.74) is 3.66. The molecule has 1 aromatic heterocycles. The summed E-state index contributed by atoms with van der Waals surface area (Å²) in [5, 5.41) is 27.7. The maximum atomic E-state index is 13.5. The number of rotatable bonds is 11. The number of carboxylic acid groups (broad SMARTS) is 1. The summed E-state index contributed by atoms with van der Waals surface area (Å²) in [4.78, 5) is 30.8. The fraction of sp³-hybridized carbons (Fsp3) is 0.406. The minimum atomic E-state index is -1.40. The molecular weight excluding hydrogens is 540 g/mol. The van der Waals surface area contributed by atoms with Gasteiger partial charge in [0.25, 0.3) is 5.91 Å². The second-order valence-electron chi connectivity index (χ2n) is 10.7. The molecule has 41 heavy (non-hydrogen) atoms. The highest BCUT2D eigenvalue weighted by Crippen LogP contribution is 2.45. The maximum absolute atomic E-state index is 13.5. The Morgan fingerprint density at radius 2 is 1.93 bits per heavy atom. The van der Waals surface area contributed by atoms with Crippen molar-refractivity contribution in [3.05, 3.63) is 88.2 Å². The van der Waals surface area contributed by atoms with Gasteiger partial charge in [-0.2, -0.15) is 0 Å². The average Bonchev–Trinajstić information content (AvgIpc) is 2.99. The molecule has 0 unspecified atom stereocenters. The van der Waals surface area contributed by atoms with Gasteiger partial charge in [-0.3, -0.25) is 9.78 Å². The van der Waals surface area contributed by atoms with Crippen LogP contribution in [0.5, 0.6) is 0 Å². The molecule has 1 aliphatic heterocycles. The molecule has 2 heterocycles. The molecule has 0 saturated carbocycles. The molecule has 4 rings (SSSR count). The van der Waals surface area contributed by atoms with E-state index in [1.807, 2.05) is 48.3 Å². The number of aromatic nitrogens is 1. The SMILES string of the molecule is CCc1cccc(-c2c(Cl)cncc2[C@](O)(CCCNC(=O)O)[C@@H]2CCCN(C(=O)c3ccc(CNC)cc3)C2)c1. The summed E-state index contributed by atoms with van der Waals surface area (Å²) in [6.45, 7) is 3.97. The quantitative estimate of drug-likeness (QED) is 0.224. The predicted molar refractivity (Wildman–Crippen MR) is 161 cm³/mol. The number of amides is 2. The normalized spacial score (nSPS) is 16.7. The Morgan fingerprint density at radius 1 is 1.15 bits per heavy atom. The Labute approximate surface area is 246 Å². The molecule has 0 aliphatic carbocycles. The lowest BCUT2D eigenvalue weighted by molar-refractivity contribution is -0.0565. The number of hydrogen-bond donors (Lipinski definition) is 4. The van der Waals surface area contributed by atoms with Crippen LogP contribution in [0, 0.1) is 5.92 Å². The van der Waals surface area contributed by atoms with Crippen molar-refractivity contribution < 1.29 is 19.8 Å². The Hall–Kier alpha value is -3.46. The molecule has 2 amide bonds. The lowest BCUT2D eigenvalue weighted by Crippen LogP contribution is -2.48. The number of hydrogen-bond acceptors (Lipinski definition) is 5. The first-order valence-electron chi connectivity index (χ1n) is 14.2. The molecule has 2 atom stereocenters. The van der Waals surface area contributed by atoms with Crippen LogP contribution in [-0.2, 0) is 18.6 Å². The van der Waals surface area contributed by atoms with Gasteiger partial charge < -0.3 is 25.7 Å². The van der Waals surface area contributed by atoms with Crippen LogP contribution in [0.3, 0.4) is 0 Å². The van der Waals surface area contributed by atoms with Crippen LogP contribution in [0.2, 0.25) is 5.02 Å². The van der Waals surface area contributed by atoms with Crippen LogP contribution >= 0.6 is 11.6 Å². The zero-order valence-corrected chi connectivity index (χ0v) is 24.5. The molecule has 0 spiro atoms. The molecule has 218 valence electrons. The number of carbonyl (C=O) groups excluding carboxylic acids is 1. The number of benzene rings is 2. The van der Waals surface area contributed by atoms with E-state index in [1.165, 1.54) is 0 Å². The summed E-state index contributed by atoms with van der Waals surface area (Å²) < 4.78 is 0. The molecule has 4 N–H and O–H groups in total. The van der Waals surface area contributed by atoms with Crippen molar-refractivity contribution in [1.82, 2.24) is 20.5 Å². The smallest absolute Gasteiger partial charge is 0.404 e. The maximum Gasteiger partial charge on any atom is 0.404 e. The lowest BCUT2D eigenvalue weighted by atomic mass is 9.72. The predicted octanol–water partition coefficient (Wildman–Crippen LogP) is 5.47. The molecule has 1 fully saturated rings. The van der Waals surface area contributed by atoms with E-state index < -0.39 is 11.7 Å². The number of nitrogens with one attached hydrogen (secondary N) is 2. The fourth-order valence-electron chi connectivity index (χ4n) is 5.82. The molecular formula is C32H39ClN4O4. The van der Waals surface area contributed by atoms with Crippen LogP contribution in [0.15, 0.2) is 60.9 Å². The van der Waals surface area contributed by atoms with Crippen molar-refractivity contribution in [3.8, 4) is 11.1 Å². The zero-order chi connectivity index (χ0) is 29.4. The molecule has 9 heteroatoms. The third-order valence-electron chi connectivity index (χ3n) is 7.97. The van der Waals surface area contributed by atoms with Gasteiger partial charge in [-0.15, -0.1) is 0 Å². The van der Waals surface area contributed by atoms with Gasteiger partial charge in [0, 0.05) is 61.2 Å². The number of piperidine rings is 1. The topological polar surface area (TPSA) is 115 Å². The van der Waals surface area contributed by atoms with Crippen LogP contribution in [0.1, 0.15) is 59.7 Å². The number of aliphatic hydroxyl groups is 1. The van der Waals surface area contributed by atoms with E-state index in [0.717, 1.165) is 36.1 Å². The van der Waals surface area contributed by atoms with Gasteiger partial charge >= 0.3 is 6.09 Å². The third kappa shape index (κ3) is 7.25. The van der Waals surface area contributed by atoms with Gasteiger partial charge in [0.1, 0.15) is 0 Å². The van der Waals surface area contributed by atoms with E-state index in [0.29, 0.717) is 47.6 Å². The van der Waals surface area contributed by atoms with E-state index in [2.05, 4.69) is 34.7 Å². The third-order valence-corrected chi connectivity index (χ3v) is 8.25. The van der Waals surface area contributed by atoms with Crippen LogP contribution in [0.4, 0.5) is 4.79 Å². The Kier molecular flexibility index (Phi) is 10.4. The number of carbonyl (C=O) groups is 2. The van der Waals surface area contributed by atoms with Crippen molar-refractivity contribution in [2.45, 2.75) is 51.2 Å². The Bertz CT molecular complexity index is 1350. The second kappa shape index (κ2) is 13.9. The van der Waals surface area contributed by atoms with E-state index in [1.54, 1.807) is 12.4 Å². The Morgan fingerprint density at radius 3 is 2.63 bits per heavy atom. The highest BCUT2D eigenvalue weighted by Gasteiger charge is 2.43. The minimum absolute atomic E-state index is 0.0688. The van der Waals surface area contributed by atoms with Crippen molar-refractivity contribution in [3.63, 3.8) is 0 Å².